The van der Waals surface area contributed by atoms with Crippen LogP contribution in [0.15, 0.2) is 0 Å². The molecule has 0 radical (unpaired) electrons. The van der Waals surface area contributed by atoms with Crippen LogP contribution in [0.3, 0.4) is 0 Å². The third-order valence-corrected chi connectivity index (χ3v) is 4.77. The average Bonchev–Trinajstić information content (AvgIpc) is 2.79. The molecule has 1 saturated carbocycles. The summed E-state index contributed by atoms with van der Waals surface area (Å²) in [5.41, 5.74) is -0.797. The first kappa shape index (κ1) is 19.4. The van der Waals surface area contributed by atoms with Gasteiger partial charge in [0.05, 0.1) is 18.8 Å². The molecule has 0 aromatic carbocycles. The number of hydrogen-bond acceptors (Lipinski definition) is 7. The van der Waals surface area contributed by atoms with E-state index < -0.39 is 27.8 Å². The lowest BCUT2D eigenvalue weighted by Crippen LogP contribution is -2.38. The molecule has 9 heteroatoms. The second-order valence-electron chi connectivity index (χ2n) is 7.88. The van der Waals surface area contributed by atoms with Gasteiger partial charge in [0.1, 0.15) is 5.60 Å². The maximum atomic E-state index is 11.9. The molecule has 0 aromatic rings. The van der Waals surface area contributed by atoms with Crippen LogP contribution in [0.25, 0.3) is 0 Å². The Morgan fingerprint density at radius 3 is 2.42 bits per heavy atom. The molecule has 1 saturated heterocycles. The molecule has 1 aliphatic heterocycles. The highest BCUT2D eigenvalue weighted by atomic mass is 32.2. The van der Waals surface area contributed by atoms with Crippen molar-refractivity contribution in [2.24, 2.45) is 11.8 Å². The Bertz CT molecular complexity index is 581. The summed E-state index contributed by atoms with van der Waals surface area (Å²) in [5, 5.41) is 0. The lowest BCUT2D eigenvalue weighted by Gasteiger charge is -2.22. The monoisotopic (exact) mass is 365 g/mol. The molecule has 1 heterocycles. The Labute approximate surface area is 143 Å². The SMILES string of the molecule is C[C@@H]1C[C@H](COS(=O)(=O)NC(=O)OC(C)(C)C)[C@H]2OC(C)(C)O[C@H]21. The van der Waals surface area contributed by atoms with Crippen LogP contribution in [0.1, 0.15) is 48.0 Å². The minimum atomic E-state index is -4.24. The van der Waals surface area contributed by atoms with Gasteiger partial charge in [-0.1, -0.05) is 6.92 Å². The molecule has 8 nitrogen and oxygen atoms in total. The standard InChI is InChI=1S/C15H27NO7S/c1-9-7-10(12-11(9)21-15(5,6)22-12)8-20-24(18,19)16-13(17)23-14(2,3)4/h9-12H,7-8H2,1-6H3,(H,16,17)/t9-,10-,11+,12-/m1/s1. The zero-order chi connectivity index (χ0) is 18.3. The number of hydrogen-bond donors (Lipinski definition) is 1. The Kier molecular flexibility index (Phi) is 5.21. The van der Waals surface area contributed by atoms with E-state index >= 15 is 0 Å². The molecule has 0 unspecified atom stereocenters. The van der Waals surface area contributed by atoms with Gasteiger partial charge in [0.25, 0.3) is 0 Å². The molecular weight excluding hydrogens is 338 g/mol. The van der Waals surface area contributed by atoms with Gasteiger partial charge >= 0.3 is 16.4 Å². The van der Waals surface area contributed by atoms with Crippen molar-refractivity contribution < 1.29 is 31.6 Å². The van der Waals surface area contributed by atoms with Gasteiger partial charge in [-0.2, -0.15) is 13.1 Å². The van der Waals surface area contributed by atoms with Crippen LogP contribution in [0.4, 0.5) is 4.79 Å². The van der Waals surface area contributed by atoms with Crippen LogP contribution in [0.2, 0.25) is 0 Å². The molecule has 0 spiro atoms. The molecule has 1 aliphatic carbocycles. The van der Waals surface area contributed by atoms with Crippen molar-refractivity contribution in [3.8, 4) is 0 Å². The van der Waals surface area contributed by atoms with E-state index in [1.54, 1.807) is 25.5 Å². The molecule has 24 heavy (non-hydrogen) atoms. The van der Waals surface area contributed by atoms with Crippen LogP contribution < -0.4 is 4.72 Å². The van der Waals surface area contributed by atoms with Crippen molar-refractivity contribution in [2.45, 2.75) is 71.6 Å². The Hall–Kier alpha value is -0.900. The van der Waals surface area contributed by atoms with E-state index in [-0.39, 0.29) is 30.7 Å². The van der Waals surface area contributed by atoms with Crippen molar-refractivity contribution in [3.63, 3.8) is 0 Å². The van der Waals surface area contributed by atoms with Gasteiger partial charge in [-0.3, -0.25) is 4.18 Å². The Morgan fingerprint density at radius 1 is 1.25 bits per heavy atom. The molecule has 0 bridgehead atoms. The Balaban J connectivity index is 1.89. The Morgan fingerprint density at radius 2 is 1.83 bits per heavy atom. The number of nitrogens with one attached hydrogen (secondary N) is 1. The summed E-state index contributed by atoms with van der Waals surface area (Å²) in [6.07, 6.45) is -0.628. The zero-order valence-corrected chi connectivity index (χ0v) is 15.8. The smallest absolute Gasteiger partial charge is 0.423 e. The largest absolute Gasteiger partial charge is 0.443 e. The summed E-state index contributed by atoms with van der Waals surface area (Å²) < 4.78 is 47.1. The summed E-state index contributed by atoms with van der Waals surface area (Å²) in [6.45, 7) is 10.5. The van der Waals surface area contributed by atoms with Gasteiger partial charge in [-0.05, 0) is 47.0 Å². The summed E-state index contributed by atoms with van der Waals surface area (Å²) in [5.74, 6) is -0.565. The first-order valence-corrected chi connectivity index (χ1v) is 9.45. The molecule has 1 N–H and O–H groups in total. The number of rotatable bonds is 4. The first-order valence-electron chi connectivity index (χ1n) is 8.04. The van der Waals surface area contributed by atoms with Gasteiger partial charge in [-0.25, -0.2) is 4.79 Å². The fourth-order valence-electron chi connectivity index (χ4n) is 3.14. The zero-order valence-electron chi connectivity index (χ0n) is 15.0. The topological polar surface area (TPSA) is 100 Å². The molecule has 2 aliphatic rings. The predicted octanol–water partition coefficient (Wildman–Crippen LogP) is 1.95. The highest BCUT2D eigenvalue weighted by Crippen LogP contribution is 2.44. The number of amides is 1. The minimum Gasteiger partial charge on any atom is -0.443 e. The van der Waals surface area contributed by atoms with Crippen LogP contribution in [-0.2, 0) is 28.7 Å². The lowest BCUT2D eigenvalue weighted by molar-refractivity contribution is -0.161. The normalized spacial score (nSPS) is 32.4. The molecule has 0 aromatic heterocycles. The quantitative estimate of drug-likeness (QED) is 0.812. The number of carbonyl (C=O) groups excluding carboxylic acids is 1. The number of ether oxygens (including phenoxy) is 3. The second-order valence-corrected chi connectivity index (χ2v) is 9.23. The maximum Gasteiger partial charge on any atom is 0.423 e. The summed E-state index contributed by atoms with van der Waals surface area (Å²) in [4.78, 5) is 11.6. The van der Waals surface area contributed by atoms with Gasteiger partial charge in [-0.15, -0.1) is 0 Å². The van der Waals surface area contributed by atoms with Gasteiger partial charge in [0.15, 0.2) is 5.79 Å². The van der Waals surface area contributed by atoms with Crippen molar-refractivity contribution in [2.75, 3.05) is 6.61 Å². The van der Waals surface area contributed by atoms with E-state index in [9.17, 15) is 13.2 Å². The fraction of sp³-hybridized carbons (Fsp3) is 0.933. The third kappa shape index (κ3) is 5.05. The van der Waals surface area contributed by atoms with Crippen LogP contribution in [0.5, 0.6) is 0 Å². The molecule has 2 rings (SSSR count). The van der Waals surface area contributed by atoms with E-state index in [4.69, 9.17) is 18.4 Å². The van der Waals surface area contributed by atoms with Crippen molar-refractivity contribution >= 4 is 16.4 Å². The van der Waals surface area contributed by atoms with Crippen molar-refractivity contribution in [1.82, 2.24) is 4.72 Å². The minimum absolute atomic E-state index is 0.0740. The predicted molar refractivity (Wildman–Crippen MR) is 85.3 cm³/mol. The van der Waals surface area contributed by atoms with E-state index in [1.807, 2.05) is 20.8 Å². The molecule has 1 amide bonds. The maximum absolute atomic E-state index is 11.9. The second kappa shape index (κ2) is 6.44. The van der Waals surface area contributed by atoms with Crippen LogP contribution in [0, 0.1) is 11.8 Å². The number of fused-ring (bicyclic) bond motifs is 1. The molecular formula is C15H27NO7S. The van der Waals surface area contributed by atoms with Crippen LogP contribution in [-0.4, -0.2) is 44.7 Å². The molecule has 140 valence electrons. The van der Waals surface area contributed by atoms with E-state index in [2.05, 4.69) is 0 Å². The highest BCUT2D eigenvalue weighted by molar-refractivity contribution is 7.85. The van der Waals surface area contributed by atoms with Crippen molar-refractivity contribution in [3.05, 3.63) is 0 Å². The summed E-state index contributed by atoms with van der Waals surface area (Å²) >= 11 is 0. The van der Waals surface area contributed by atoms with Gasteiger partial charge in [0, 0.05) is 5.92 Å². The van der Waals surface area contributed by atoms with Gasteiger partial charge in [0.2, 0.25) is 0 Å². The fourth-order valence-corrected chi connectivity index (χ4v) is 3.80. The summed E-state index contributed by atoms with van der Waals surface area (Å²) in [7, 11) is -4.24. The lowest BCUT2D eigenvalue weighted by atomic mass is 10.1. The first-order chi connectivity index (χ1) is 10.8. The third-order valence-electron chi connectivity index (χ3n) is 3.91. The average molecular weight is 365 g/mol. The van der Waals surface area contributed by atoms with E-state index in [1.165, 1.54) is 0 Å². The van der Waals surface area contributed by atoms with E-state index in [0.717, 1.165) is 6.42 Å². The van der Waals surface area contributed by atoms with Crippen molar-refractivity contribution in [1.29, 1.82) is 0 Å². The number of carbonyl (C=O) groups is 1. The van der Waals surface area contributed by atoms with Gasteiger partial charge < -0.3 is 14.2 Å². The molecule has 2 fully saturated rings. The van der Waals surface area contributed by atoms with Crippen LogP contribution >= 0.6 is 0 Å². The van der Waals surface area contributed by atoms with E-state index in [0.29, 0.717) is 0 Å². The summed E-state index contributed by atoms with van der Waals surface area (Å²) in [6, 6.07) is 0. The molecule has 4 atom stereocenters. The highest BCUT2D eigenvalue weighted by Gasteiger charge is 2.52.